The number of hydrogen-bond acceptors (Lipinski definition) is 2. The summed E-state index contributed by atoms with van der Waals surface area (Å²) in [4.78, 5) is 25.9. The van der Waals surface area contributed by atoms with Gasteiger partial charge in [0.15, 0.2) is 0 Å². The minimum atomic E-state index is -0.0337. The highest BCUT2D eigenvalue weighted by molar-refractivity contribution is 6.18. The van der Waals surface area contributed by atoms with Gasteiger partial charge < -0.3 is 10.2 Å². The Bertz CT molecular complexity index is 552. The van der Waals surface area contributed by atoms with Gasteiger partial charge in [-0.1, -0.05) is 6.07 Å². The zero-order valence-corrected chi connectivity index (χ0v) is 13.9. The van der Waals surface area contributed by atoms with Gasteiger partial charge in [-0.05, 0) is 49.9 Å². The smallest absolute Gasteiger partial charge is 0.251 e. The van der Waals surface area contributed by atoms with E-state index in [1.165, 1.54) is 5.56 Å². The lowest BCUT2D eigenvalue weighted by Crippen LogP contribution is -2.46. The fraction of sp³-hybridized carbons (Fsp3) is 0.529. The third kappa shape index (κ3) is 4.23. The van der Waals surface area contributed by atoms with Crippen molar-refractivity contribution in [2.45, 2.75) is 39.2 Å². The molecule has 0 radical (unpaired) electrons. The molecule has 2 rings (SSSR count). The van der Waals surface area contributed by atoms with Gasteiger partial charge in [-0.2, -0.15) is 0 Å². The number of amides is 2. The topological polar surface area (TPSA) is 49.4 Å². The summed E-state index contributed by atoms with van der Waals surface area (Å²) in [5, 5.41) is 3.07. The van der Waals surface area contributed by atoms with Gasteiger partial charge in [-0.15, -0.1) is 11.6 Å². The van der Waals surface area contributed by atoms with Gasteiger partial charge in [0, 0.05) is 37.0 Å². The molecule has 1 heterocycles. The number of rotatable bonds is 4. The van der Waals surface area contributed by atoms with E-state index in [1.54, 1.807) is 0 Å². The number of nitrogens with zero attached hydrogens (tertiary/aromatic N) is 1. The Hall–Kier alpha value is -1.55. The molecule has 120 valence electrons. The molecule has 22 heavy (non-hydrogen) atoms. The predicted octanol–water partition coefficient (Wildman–Crippen LogP) is 2.65. The predicted molar refractivity (Wildman–Crippen MR) is 88.3 cm³/mol. The number of benzene rings is 1. The largest absolute Gasteiger partial charge is 0.349 e. The summed E-state index contributed by atoms with van der Waals surface area (Å²) in [6.07, 6.45) is 1.98. The molecule has 1 aromatic carbocycles. The number of carbonyl (C=O) groups excluding carboxylic acids is 2. The molecule has 5 heteroatoms. The molecular formula is C17H23ClN2O2. The Morgan fingerprint density at radius 2 is 1.91 bits per heavy atom. The molecule has 0 spiro atoms. The highest BCUT2D eigenvalue weighted by Crippen LogP contribution is 2.14. The zero-order chi connectivity index (χ0) is 16.1. The molecule has 1 saturated heterocycles. The first-order valence-electron chi connectivity index (χ1n) is 7.73. The molecular weight excluding hydrogens is 300 g/mol. The van der Waals surface area contributed by atoms with Crippen LogP contribution < -0.4 is 5.32 Å². The van der Waals surface area contributed by atoms with Crippen LogP contribution in [0.1, 0.15) is 40.7 Å². The molecule has 0 bridgehead atoms. The molecule has 1 N–H and O–H groups in total. The summed E-state index contributed by atoms with van der Waals surface area (Å²) >= 11 is 5.60. The quantitative estimate of drug-likeness (QED) is 0.866. The van der Waals surface area contributed by atoms with Crippen molar-refractivity contribution >= 4 is 23.4 Å². The van der Waals surface area contributed by atoms with Crippen molar-refractivity contribution in [2.24, 2.45) is 0 Å². The van der Waals surface area contributed by atoms with Crippen LogP contribution in [-0.2, 0) is 4.79 Å². The van der Waals surface area contributed by atoms with Gasteiger partial charge >= 0.3 is 0 Å². The Balaban J connectivity index is 1.86. The molecule has 0 atom stereocenters. The average Bonchev–Trinajstić information content (AvgIpc) is 2.51. The number of hydrogen-bond donors (Lipinski definition) is 1. The van der Waals surface area contributed by atoms with E-state index in [-0.39, 0.29) is 17.9 Å². The number of halogens is 1. The van der Waals surface area contributed by atoms with E-state index in [4.69, 9.17) is 11.6 Å². The lowest BCUT2D eigenvalue weighted by molar-refractivity contribution is -0.131. The van der Waals surface area contributed by atoms with Crippen LogP contribution in [0.15, 0.2) is 18.2 Å². The van der Waals surface area contributed by atoms with Crippen LogP contribution in [-0.4, -0.2) is 41.7 Å². The molecule has 1 aliphatic rings. The van der Waals surface area contributed by atoms with Crippen molar-refractivity contribution in [3.8, 4) is 0 Å². The van der Waals surface area contributed by atoms with Gasteiger partial charge in [0.25, 0.3) is 5.91 Å². The third-order valence-electron chi connectivity index (χ3n) is 4.26. The van der Waals surface area contributed by atoms with Crippen molar-refractivity contribution < 1.29 is 9.59 Å². The monoisotopic (exact) mass is 322 g/mol. The third-order valence-corrected chi connectivity index (χ3v) is 4.45. The van der Waals surface area contributed by atoms with Crippen LogP contribution in [0, 0.1) is 13.8 Å². The van der Waals surface area contributed by atoms with Gasteiger partial charge in [0.1, 0.15) is 0 Å². The normalized spacial score (nSPS) is 15.7. The first-order valence-corrected chi connectivity index (χ1v) is 8.26. The number of piperidine rings is 1. The van der Waals surface area contributed by atoms with Crippen LogP contribution in [0.5, 0.6) is 0 Å². The fourth-order valence-electron chi connectivity index (χ4n) is 2.66. The van der Waals surface area contributed by atoms with Gasteiger partial charge in [-0.25, -0.2) is 0 Å². The van der Waals surface area contributed by atoms with Crippen molar-refractivity contribution in [1.82, 2.24) is 10.2 Å². The minimum absolute atomic E-state index is 0.0337. The van der Waals surface area contributed by atoms with E-state index < -0.39 is 0 Å². The number of carbonyl (C=O) groups is 2. The molecule has 1 fully saturated rings. The van der Waals surface area contributed by atoms with Crippen LogP contribution >= 0.6 is 11.6 Å². The molecule has 1 aromatic rings. The summed E-state index contributed by atoms with van der Waals surface area (Å²) in [7, 11) is 0. The first-order chi connectivity index (χ1) is 10.5. The molecule has 1 aliphatic heterocycles. The zero-order valence-electron chi connectivity index (χ0n) is 13.2. The first kappa shape index (κ1) is 16.8. The van der Waals surface area contributed by atoms with Crippen LogP contribution in [0.2, 0.25) is 0 Å². The summed E-state index contributed by atoms with van der Waals surface area (Å²) in [5.74, 6) is 0.435. The number of alkyl halides is 1. The molecule has 0 unspecified atom stereocenters. The lowest BCUT2D eigenvalue weighted by atomic mass is 10.0. The number of aryl methyl sites for hydroxylation is 2. The summed E-state index contributed by atoms with van der Waals surface area (Å²) < 4.78 is 0. The average molecular weight is 323 g/mol. The molecule has 0 aromatic heterocycles. The number of likely N-dealkylation sites (tertiary alicyclic amines) is 1. The summed E-state index contributed by atoms with van der Waals surface area (Å²) in [6.45, 7) is 5.42. The lowest BCUT2D eigenvalue weighted by Gasteiger charge is -2.32. The highest BCUT2D eigenvalue weighted by atomic mass is 35.5. The van der Waals surface area contributed by atoms with E-state index in [0.717, 1.165) is 18.4 Å². The van der Waals surface area contributed by atoms with E-state index in [2.05, 4.69) is 5.32 Å². The van der Waals surface area contributed by atoms with Crippen molar-refractivity contribution in [3.63, 3.8) is 0 Å². The maximum atomic E-state index is 12.3. The van der Waals surface area contributed by atoms with Crippen LogP contribution in [0.4, 0.5) is 0 Å². The minimum Gasteiger partial charge on any atom is -0.349 e. The van der Waals surface area contributed by atoms with Gasteiger partial charge in [0.05, 0.1) is 0 Å². The Kier molecular flexibility index (Phi) is 5.83. The second kappa shape index (κ2) is 7.63. The van der Waals surface area contributed by atoms with E-state index in [9.17, 15) is 9.59 Å². The molecule has 0 saturated carbocycles. The van der Waals surface area contributed by atoms with E-state index in [1.807, 2.05) is 36.9 Å². The second-order valence-electron chi connectivity index (χ2n) is 5.87. The van der Waals surface area contributed by atoms with Crippen molar-refractivity contribution in [3.05, 3.63) is 34.9 Å². The second-order valence-corrected chi connectivity index (χ2v) is 6.24. The maximum Gasteiger partial charge on any atom is 0.251 e. The van der Waals surface area contributed by atoms with Crippen molar-refractivity contribution in [2.75, 3.05) is 19.0 Å². The Morgan fingerprint density at radius 3 is 2.50 bits per heavy atom. The summed E-state index contributed by atoms with van der Waals surface area (Å²) in [6, 6.07) is 5.88. The number of nitrogens with one attached hydrogen (secondary N) is 1. The summed E-state index contributed by atoms with van der Waals surface area (Å²) in [5.41, 5.74) is 3.00. The Labute approximate surface area is 136 Å². The molecule has 4 nitrogen and oxygen atoms in total. The molecule has 0 aliphatic carbocycles. The maximum absolute atomic E-state index is 12.3. The van der Waals surface area contributed by atoms with Gasteiger partial charge in [-0.3, -0.25) is 9.59 Å². The highest BCUT2D eigenvalue weighted by Gasteiger charge is 2.23. The SMILES string of the molecule is Cc1ccc(C(=O)NC2CCN(C(=O)CCCl)CC2)cc1C. The fourth-order valence-corrected chi connectivity index (χ4v) is 2.83. The van der Waals surface area contributed by atoms with Crippen LogP contribution in [0.3, 0.4) is 0 Å². The van der Waals surface area contributed by atoms with E-state index >= 15 is 0 Å². The van der Waals surface area contributed by atoms with E-state index in [0.29, 0.717) is 31.0 Å². The van der Waals surface area contributed by atoms with Gasteiger partial charge in [0.2, 0.25) is 5.91 Å². The molecule has 2 amide bonds. The van der Waals surface area contributed by atoms with Crippen LogP contribution in [0.25, 0.3) is 0 Å². The van der Waals surface area contributed by atoms with Crippen molar-refractivity contribution in [1.29, 1.82) is 0 Å². The Morgan fingerprint density at radius 1 is 1.23 bits per heavy atom. The standard InChI is InChI=1S/C17H23ClN2O2/c1-12-3-4-14(11-13(12)2)17(22)19-15-6-9-20(10-7-15)16(21)5-8-18/h3-4,11,15H,5-10H2,1-2H3,(H,19,22).